The van der Waals surface area contributed by atoms with Gasteiger partial charge < -0.3 is 15.0 Å². The highest BCUT2D eigenvalue weighted by Crippen LogP contribution is 2.15. The quantitative estimate of drug-likeness (QED) is 0.732. The minimum absolute atomic E-state index is 0.0144. The van der Waals surface area contributed by atoms with Crippen molar-refractivity contribution in [3.8, 4) is 0 Å². The monoisotopic (exact) mass is 345 g/mol. The Hall–Kier alpha value is -1.18. The molecule has 0 spiro atoms. The van der Waals surface area contributed by atoms with Crippen molar-refractivity contribution in [2.24, 2.45) is 0 Å². The van der Waals surface area contributed by atoms with E-state index in [9.17, 15) is 9.59 Å². The third-order valence-corrected chi connectivity index (χ3v) is 4.29. The molecule has 1 aliphatic rings. The van der Waals surface area contributed by atoms with E-state index in [0.29, 0.717) is 30.4 Å². The highest BCUT2D eigenvalue weighted by atomic mass is 35.5. The zero-order valence-corrected chi connectivity index (χ0v) is 13.9. The molecule has 2 heterocycles. The van der Waals surface area contributed by atoms with Gasteiger partial charge in [-0.1, -0.05) is 0 Å². The fourth-order valence-corrected chi connectivity index (χ4v) is 2.96. The summed E-state index contributed by atoms with van der Waals surface area (Å²) < 4.78 is 5.56. The average molecular weight is 346 g/mol. The summed E-state index contributed by atoms with van der Waals surface area (Å²) in [6.07, 6.45) is 4.52. The average Bonchev–Trinajstić information content (AvgIpc) is 3.17. The van der Waals surface area contributed by atoms with Crippen LogP contribution in [0.25, 0.3) is 0 Å². The maximum atomic E-state index is 12.2. The van der Waals surface area contributed by atoms with E-state index in [1.54, 1.807) is 16.5 Å². The maximum absolute atomic E-state index is 12.2. The molecular weight excluding hydrogens is 326 g/mol. The van der Waals surface area contributed by atoms with Crippen LogP contribution in [0.15, 0.2) is 11.6 Å². The first kappa shape index (κ1) is 17.2. The van der Waals surface area contributed by atoms with Crippen LogP contribution in [0.2, 0.25) is 0 Å². The second-order valence-corrected chi connectivity index (χ2v) is 6.36. The van der Waals surface area contributed by atoms with E-state index >= 15 is 0 Å². The number of hydrogen-bond acceptors (Lipinski definition) is 5. The second kappa shape index (κ2) is 9.07. The normalized spacial score (nSPS) is 17.4. The van der Waals surface area contributed by atoms with Crippen molar-refractivity contribution >= 4 is 39.9 Å². The van der Waals surface area contributed by atoms with Gasteiger partial charge >= 0.3 is 0 Å². The SMILES string of the molecule is O=C(CN(CC1CCCO1)C(=O)CCCCl)Nc1nccs1. The fraction of sp³-hybridized carbons (Fsp3) is 0.643. The third-order valence-electron chi connectivity index (χ3n) is 3.34. The van der Waals surface area contributed by atoms with Crippen molar-refractivity contribution in [1.29, 1.82) is 0 Å². The second-order valence-electron chi connectivity index (χ2n) is 5.09. The largest absolute Gasteiger partial charge is 0.376 e. The number of nitrogens with one attached hydrogen (secondary N) is 1. The van der Waals surface area contributed by atoms with E-state index in [1.807, 2.05) is 0 Å². The van der Waals surface area contributed by atoms with Gasteiger partial charge in [-0.05, 0) is 19.3 Å². The minimum atomic E-state index is -0.243. The number of aromatic nitrogens is 1. The number of alkyl halides is 1. The summed E-state index contributed by atoms with van der Waals surface area (Å²) in [6, 6.07) is 0. The smallest absolute Gasteiger partial charge is 0.245 e. The Morgan fingerprint density at radius 2 is 2.41 bits per heavy atom. The molecule has 22 heavy (non-hydrogen) atoms. The first-order valence-corrected chi connectivity index (χ1v) is 8.75. The fourth-order valence-electron chi connectivity index (χ4n) is 2.28. The van der Waals surface area contributed by atoms with Crippen LogP contribution in [0.3, 0.4) is 0 Å². The molecule has 1 atom stereocenters. The van der Waals surface area contributed by atoms with Crippen LogP contribution in [0.4, 0.5) is 5.13 Å². The van der Waals surface area contributed by atoms with Gasteiger partial charge in [-0.15, -0.1) is 22.9 Å². The van der Waals surface area contributed by atoms with E-state index < -0.39 is 0 Å². The number of carbonyl (C=O) groups is 2. The topological polar surface area (TPSA) is 71.5 Å². The number of hydrogen-bond donors (Lipinski definition) is 1. The van der Waals surface area contributed by atoms with E-state index in [0.717, 1.165) is 19.4 Å². The summed E-state index contributed by atoms with van der Waals surface area (Å²) in [7, 11) is 0. The van der Waals surface area contributed by atoms with Crippen LogP contribution in [0, 0.1) is 0 Å². The molecule has 0 bridgehead atoms. The summed E-state index contributed by atoms with van der Waals surface area (Å²) in [5.74, 6) is 0.128. The summed E-state index contributed by atoms with van der Waals surface area (Å²) >= 11 is 6.98. The Balaban J connectivity index is 1.89. The van der Waals surface area contributed by atoms with E-state index in [-0.39, 0.29) is 24.5 Å². The lowest BCUT2D eigenvalue weighted by Gasteiger charge is -2.24. The molecule has 2 rings (SSSR count). The molecule has 1 saturated heterocycles. The molecule has 1 N–H and O–H groups in total. The van der Waals surface area contributed by atoms with E-state index in [1.165, 1.54) is 11.3 Å². The van der Waals surface area contributed by atoms with Crippen LogP contribution >= 0.6 is 22.9 Å². The summed E-state index contributed by atoms with van der Waals surface area (Å²) in [6.45, 7) is 1.19. The predicted octanol–water partition coefficient (Wildman–Crippen LogP) is 2.11. The summed E-state index contributed by atoms with van der Waals surface area (Å²) in [5, 5.41) is 5.02. The lowest BCUT2D eigenvalue weighted by molar-refractivity contribution is -0.136. The molecule has 0 saturated carbocycles. The van der Waals surface area contributed by atoms with Gasteiger partial charge in [-0.2, -0.15) is 0 Å². The number of rotatable bonds is 8. The van der Waals surface area contributed by atoms with Crippen LogP contribution < -0.4 is 5.32 Å². The number of amides is 2. The van der Waals surface area contributed by atoms with Gasteiger partial charge in [-0.25, -0.2) is 4.98 Å². The lowest BCUT2D eigenvalue weighted by atomic mass is 10.2. The van der Waals surface area contributed by atoms with Gasteiger partial charge in [0.05, 0.1) is 6.10 Å². The molecule has 1 unspecified atom stereocenters. The van der Waals surface area contributed by atoms with Gasteiger partial charge in [-0.3, -0.25) is 9.59 Å². The van der Waals surface area contributed by atoms with Crippen molar-refractivity contribution in [2.75, 3.05) is 30.9 Å². The molecule has 1 aromatic rings. The van der Waals surface area contributed by atoms with Gasteiger partial charge in [0, 0.05) is 37.0 Å². The summed E-state index contributed by atoms with van der Waals surface area (Å²) in [5.41, 5.74) is 0. The van der Waals surface area contributed by atoms with Crippen LogP contribution in [-0.4, -0.2) is 53.4 Å². The molecular formula is C14H20ClN3O3S. The van der Waals surface area contributed by atoms with Gasteiger partial charge in [0.1, 0.15) is 6.54 Å². The molecule has 2 amide bonds. The standard InChI is InChI=1S/C14H20ClN3O3S/c15-5-1-4-13(20)18(9-11-3-2-7-21-11)10-12(19)17-14-16-6-8-22-14/h6,8,11H,1-5,7,9-10H2,(H,16,17,19). The van der Waals surface area contributed by atoms with E-state index in [4.69, 9.17) is 16.3 Å². The highest BCUT2D eigenvalue weighted by Gasteiger charge is 2.24. The molecule has 0 aliphatic carbocycles. The minimum Gasteiger partial charge on any atom is -0.376 e. The van der Waals surface area contributed by atoms with Crippen molar-refractivity contribution in [1.82, 2.24) is 9.88 Å². The number of anilines is 1. The highest BCUT2D eigenvalue weighted by molar-refractivity contribution is 7.13. The van der Waals surface area contributed by atoms with Gasteiger partial charge in [0.15, 0.2) is 5.13 Å². The van der Waals surface area contributed by atoms with Crippen molar-refractivity contribution in [2.45, 2.75) is 31.8 Å². The van der Waals surface area contributed by atoms with Crippen LogP contribution in [0.5, 0.6) is 0 Å². The molecule has 1 fully saturated rings. The molecule has 1 aromatic heterocycles. The maximum Gasteiger partial charge on any atom is 0.245 e. The molecule has 122 valence electrons. The summed E-state index contributed by atoms with van der Waals surface area (Å²) in [4.78, 5) is 29.9. The predicted molar refractivity (Wildman–Crippen MR) is 86.3 cm³/mol. The number of nitrogens with zero attached hydrogens (tertiary/aromatic N) is 2. The third kappa shape index (κ3) is 5.55. The number of thiazole rings is 1. The van der Waals surface area contributed by atoms with Crippen LogP contribution in [-0.2, 0) is 14.3 Å². The Labute approximate surface area is 138 Å². The number of ether oxygens (including phenoxy) is 1. The van der Waals surface area contributed by atoms with Crippen LogP contribution in [0.1, 0.15) is 25.7 Å². The number of carbonyl (C=O) groups excluding carboxylic acids is 2. The molecule has 0 radical (unpaired) electrons. The molecule has 1 aliphatic heterocycles. The number of halogens is 1. The first-order chi connectivity index (χ1) is 10.7. The Morgan fingerprint density at radius 3 is 3.05 bits per heavy atom. The zero-order chi connectivity index (χ0) is 15.8. The first-order valence-electron chi connectivity index (χ1n) is 7.33. The van der Waals surface area contributed by atoms with E-state index in [2.05, 4.69) is 10.3 Å². The lowest BCUT2D eigenvalue weighted by Crippen LogP contribution is -2.42. The Bertz CT molecular complexity index is 478. The molecule has 8 heteroatoms. The van der Waals surface area contributed by atoms with Crippen molar-refractivity contribution < 1.29 is 14.3 Å². The molecule has 6 nitrogen and oxygen atoms in total. The van der Waals surface area contributed by atoms with Gasteiger partial charge in [0.2, 0.25) is 11.8 Å². The Morgan fingerprint density at radius 1 is 1.55 bits per heavy atom. The van der Waals surface area contributed by atoms with Crippen molar-refractivity contribution in [3.63, 3.8) is 0 Å². The Kier molecular flexibility index (Phi) is 7.08. The van der Waals surface area contributed by atoms with Gasteiger partial charge in [0.25, 0.3) is 0 Å². The van der Waals surface area contributed by atoms with Crippen molar-refractivity contribution in [3.05, 3.63) is 11.6 Å². The molecule has 0 aromatic carbocycles. The zero-order valence-electron chi connectivity index (χ0n) is 12.3.